The van der Waals surface area contributed by atoms with Gasteiger partial charge in [-0.05, 0) is 42.7 Å². The predicted molar refractivity (Wildman–Crippen MR) is 88.2 cm³/mol. The van der Waals surface area contributed by atoms with Gasteiger partial charge in [0, 0.05) is 21.9 Å². The normalized spacial score (nSPS) is 12.6. The van der Waals surface area contributed by atoms with Crippen molar-refractivity contribution in [2.75, 3.05) is 6.54 Å². The summed E-state index contributed by atoms with van der Waals surface area (Å²) in [7, 11) is 0. The topological polar surface area (TPSA) is 12.0 Å². The van der Waals surface area contributed by atoms with Crippen molar-refractivity contribution in [2.24, 2.45) is 0 Å². The van der Waals surface area contributed by atoms with Crippen LogP contribution in [-0.4, -0.2) is 6.54 Å². The van der Waals surface area contributed by atoms with Crippen LogP contribution in [0.2, 0.25) is 4.34 Å². The van der Waals surface area contributed by atoms with Gasteiger partial charge in [-0.15, -0.1) is 11.3 Å². The molecule has 0 aliphatic rings. The van der Waals surface area contributed by atoms with E-state index >= 15 is 0 Å². The Morgan fingerprint density at radius 1 is 1.21 bits per heavy atom. The van der Waals surface area contributed by atoms with E-state index in [1.165, 1.54) is 10.4 Å². The average molecular weight is 359 g/mol. The molecule has 1 N–H and O–H groups in total. The van der Waals surface area contributed by atoms with E-state index in [2.05, 4.69) is 58.5 Å². The molecule has 0 saturated carbocycles. The van der Waals surface area contributed by atoms with Crippen molar-refractivity contribution in [3.8, 4) is 0 Å². The van der Waals surface area contributed by atoms with E-state index in [1.807, 2.05) is 6.07 Å². The lowest BCUT2D eigenvalue weighted by Gasteiger charge is -2.17. The van der Waals surface area contributed by atoms with E-state index in [-0.39, 0.29) is 0 Å². The van der Waals surface area contributed by atoms with E-state index in [0.717, 1.165) is 28.2 Å². The molecule has 0 aliphatic heterocycles. The first kappa shape index (κ1) is 15.0. The van der Waals surface area contributed by atoms with Crippen LogP contribution in [0.4, 0.5) is 0 Å². The maximum Gasteiger partial charge on any atom is 0.0931 e. The van der Waals surface area contributed by atoms with Gasteiger partial charge in [0.2, 0.25) is 0 Å². The molecule has 1 atom stereocenters. The highest BCUT2D eigenvalue weighted by Gasteiger charge is 2.08. The molecule has 0 spiro atoms. The standard InChI is InChI=1S/C15H17BrClNS/c1-2-14(11-3-5-12(16)6-4-11)18-10-9-13-7-8-15(17)19-13/h3-8,14,18H,2,9-10H2,1H3. The highest BCUT2D eigenvalue weighted by molar-refractivity contribution is 9.10. The zero-order valence-electron chi connectivity index (χ0n) is 10.8. The van der Waals surface area contributed by atoms with Gasteiger partial charge in [0.25, 0.3) is 0 Å². The molecule has 1 heterocycles. The molecule has 102 valence electrons. The molecule has 2 aromatic rings. The number of thiophene rings is 1. The quantitative estimate of drug-likeness (QED) is 0.724. The van der Waals surface area contributed by atoms with Crippen molar-refractivity contribution < 1.29 is 0 Å². The smallest absolute Gasteiger partial charge is 0.0931 e. The first-order valence-corrected chi connectivity index (χ1v) is 8.41. The zero-order chi connectivity index (χ0) is 13.7. The first-order chi connectivity index (χ1) is 9.19. The molecule has 0 saturated heterocycles. The van der Waals surface area contributed by atoms with Crippen molar-refractivity contribution in [2.45, 2.75) is 25.8 Å². The van der Waals surface area contributed by atoms with Crippen LogP contribution in [0.1, 0.15) is 29.8 Å². The summed E-state index contributed by atoms with van der Waals surface area (Å²) in [6, 6.07) is 13.0. The number of hydrogen-bond donors (Lipinski definition) is 1. The molecule has 4 heteroatoms. The monoisotopic (exact) mass is 357 g/mol. The molecule has 2 rings (SSSR count). The number of rotatable bonds is 6. The van der Waals surface area contributed by atoms with Crippen molar-refractivity contribution in [1.29, 1.82) is 0 Å². The lowest BCUT2D eigenvalue weighted by atomic mass is 10.0. The Labute approximate surface area is 132 Å². The second-order valence-corrected chi connectivity index (χ2v) is 7.14. The zero-order valence-corrected chi connectivity index (χ0v) is 14.0. The minimum atomic E-state index is 0.420. The van der Waals surface area contributed by atoms with Gasteiger partial charge in [0.15, 0.2) is 0 Å². The van der Waals surface area contributed by atoms with Gasteiger partial charge >= 0.3 is 0 Å². The highest BCUT2D eigenvalue weighted by atomic mass is 79.9. The van der Waals surface area contributed by atoms with E-state index < -0.39 is 0 Å². The van der Waals surface area contributed by atoms with E-state index in [0.29, 0.717) is 6.04 Å². The molecule has 0 amide bonds. The molecule has 1 unspecified atom stereocenters. The molecular formula is C15H17BrClNS. The van der Waals surface area contributed by atoms with Crippen LogP contribution in [-0.2, 0) is 6.42 Å². The first-order valence-electron chi connectivity index (χ1n) is 6.42. The summed E-state index contributed by atoms with van der Waals surface area (Å²) in [5.74, 6) is 0. The van der Waals surface area contributed by atoms with Gasteiger partial charge in [-0.25, -0.2) is 0 Å². The highest BCUT2D eigenvalue weighted by Crippen LogP contribution is 2.22. The summed E-state index contributed by atoms with van der Waals surface area (Å²) in [4.78, 5) is 1.34. The lowest BCUT2D eigenvalue weighted by molar-refractivity contribution is 0.524. The Morgan fingerprint density at radius 2 is 1.95 bits per heavy atom. The minimum absolute atomic E-state index is 0.420. The fourth-order valence-electron chi connectivity index (χ4n) is 2.05. The predicted octanol–water partition coefficient (Wildman–Crippen LogP) is 5.45. The second-order valence-electron chi connectivity index (χ2n) is 4.42. The maximum absolute atomic E-state index is 5.93. The average Bonchev–Trinajstić information content (AvgIpc) is 2.82. The maximum atomic E-state index is 5.93. The van der Waals surface area contributed by atoms with Gasteiger partial charge in [-0.3, -0.25) is 0 Å². The molecule has 1 aromatic carbocycles. The van der Waals surface area contributed by atoms with Crippen LogP contribution < -0.4 is 5.32 Å². The SMILES string of the molecule is CCC(NCCc1ccc(Cl)s1)c1ccc(Br)cc1. The van der Waals surface area contributed by atoms with Crippen LogP contribution >= 0.6 is 38.9 Å². The summed E-state index contributed by atoms with van der Waals surface area (Å²) in [6.07, 6.45) is 2.12. The third-order valence-corrected chi connectivity index (χ3v) is 4.89. The molecule has 0 fully saturated rings. The molecule has 19 heavy (non-hydrogen) atoms. The van der Waals surface area contributed by atoms with Crippen LogP contribution in [0.5, 0.6) is 0 Å². The molecule has 1 nitrogen and oxygen atoms in total. The Morgan fingerprint density at radius 3 is 2.53 bits per heavy atom. The fourth-order valence-corrected chi connectivity index (χ4v) is 3.40. The summed E-state index contributed by atoms with van der Waals surface area (Å²) >= 11 is 11.1. The van der Waals surface area contributed by atoms with Gasteiger partial charge in [-0.1, -0.05) is 46.6 Å². The van der Waals surface area contributed by atoms with Crippen LogP contribution in [0, 0.1) is 0 Å². The molecule has 0 radical (unpaired) electrons. The van der Waals surface area contributed by atoms with Crippen molar-refractivity contribution in [3.63, 3.8) is 0 Å². The van der Waals surface area contributed by atoms with Crippen LogP contribution in [0.3, 0.4) is 0 Å². The third kappa shape index (κ3) is 4.60. The van der Waals surface area contributed by atoms with Crippen LogP contribution in [0.25, 0.3) is 0 Å². The largest absolute Gasteiger partial charge is 0.310 e. The number of benzene rings is 1. The second kappa shape index (κ2) is 7.44. The number of hydrogen-bond acceptors (Lipinski definition) is 2. The van der Waals surface area contributed by atoms with E-state index in [4.69, 9.17) is 11.6 Å². The van der Waals surface area contributed by atoms with Gasteiger partial charge in [-0.2, -0.15) is 0 Å². The van der Waals surface area contributed by atoms with Gasteiger partial charge in [0.1, 0.15) is 0 Å². The Balaban J connectivity index is 1.87. The number of nitrogens with one attached hydrogen (secondary N) is 1. The Hall–Kier alpha value is -0.350. The third-order valence-electron chi connectivity index (χ3n) is 3.07. The summed E-state index contributed by atoms with van der Waals surface area (Å²) < 4.78 is 1.99. The van der Waals surface area contributed by atoms with Crippen molar-refractivity contribution >= 4 is 38.9 Å². The molecule has 0 bridgehead atoms. The lowest BCUT2D eigenvalue weighted by Crippen LogP contribution is -2.23. The van der Waals surface area contributed by atoms with Gasteiger partial charge < -0.3 is 5.32 Å². The van der Waals surface area contributed by atoms with Crippen molar-refractivity contribution in [3.05, 3.63) is 55.6 Å². The number of halogens is 2. The van der Waals surface area contributed by atoms with Gasteiger partial charge in [0.05, 0.1) is 4.34 Å². The molecular weight excluding hydrogens is 342 g/mol. The van der Waals surface area contributed by atoms with E-state index in [1.54, 1.807) is 11.3 Å². The summed E-state index contributed by atoms with van der Waals surface area (Å²) in [5, 5.41) is 3.61. The summed E-state index contributed by atoms with van der Waals surface area (Å²) in [5.41, 5.74) is 1.34. The minimum Gasteiger partial charge on any atom is -0.310 e. The Kier molecular flexibility index (Phi) is 5.89. The van der Waals surface area contributed by atoms with Crippen molar-refractivity contribution in [1.82, 2.24) is 5.32 Å². The fraction of sp³-hybridized carbons (Fsp3) is 0.333. The molecule has 1 aromatic heterocycles. The Bertz CT molecular complexity index is 509. The van der Waals surface area contributed by atoms with Crippen LogP contribution in [0.15, 0.2) is 40.9 Å². The summed E-state index contributed by atoms with van der Waals surface area (Å²) in [6.45, 7) is 3.19. The molecule has 0 aliphatic carbocycles. The van der Waals surface area contributed by atoms with E-state index in [9.17, 15) is 0 Å².